The molecule has 5 heteroatoms. The van der Waals surface area contributed by atoms with Crippen LogP contribution < -0.4 is 5.32 Å². The minimum Gasteiger partial charge on any atom is -0.476 e. The predicted molar refractivity (Wildman–Crippen MR) is 116 cm³/mol. The zero-order valence-corrected chi connectivity index (χ0v) is 17.4. The van der Waals surface area contributed by atoms with Crippen LogP contribution in [0, 0.1) is 19.8 Å². The van der Waals surface area contributed by atoms with Gasteiger partial charge in [-0.1, -0.05) is 18.7 Å². The maximum Gasteiger partial charge on any atom is 0.253 e. The number of benzene rings is 1. The van der Waals surface area contributed by atoms with E-state index in [-0.39, 0.29) is 5.91 Å². The molecule has 0 unspecified atom stereocenters. The van der Waals surface area contributed by atoms with Crippen molar-refractivity contribution in [2.45, 2.75) is 33.6 Å². The molecule has 2 rings (SSSR count). The Morgan fingerprint density at radius 3 is 2.71 bits per heavy atom. The molecule has 152 valence electrons. The molecule has 1 N–H and O–H groups in total. The van der Waals surface area contributed by atoms with Gasteiger partial charge in [-0.3, -0.25) is 4.79 Å². The van der Waals surface area contributed by atoms with E-state index < -0.39 is 0 Å². The number of carbonyl (C=O) groups excluding carboxylic acids is 1. The molecule has 1 saturated heterocycles. The molecule has 0 aliphatic carbocycles. The van der Waals surface area contributed by atoms with Crippen molar-refractivity contribution in [1.29, 1.82) is 0 Å². The Morgan fingerprint density at radius 2 is 2.07 bits per heavy atom. The lowest BCUT2D eigenvalue weighted by Crippen LogP contribution is -2.41. The van der Waals surface area contributed by atoms with E-state index in [9.17, 15) is 4.79 Å². The monoisotopic (exact) mass is 383 g/mol. The number of piperidine rings is 1. The van der Waals surface area contributed by atoms with Gasteiger partial charge in [-0.2, -0.15) is 0 Å². The first-order chi connectivity index (χ1) is 13.5. The van der Waals surface area contributed by atoms with E-state index in [1.807, 2.05) is 42.2 Å². The van der Waals surface area contributed by atoms with Gasteiger partial charge in [0.25, 0.3) is 5.91 Å². The van der Waals surface area contributed by atoms with Crippen molar-refractivity contribution >= 4 is 11.8 Å². The molecular formula is C23H33N3O2. The lowest BCUT2D eigenvalue weighted by molar-refractivity contribution is 0.0689. The number of likely N-dealkylation sites (tertiary alicyclic amines) is 1. The van der Waals surface area contributed by atoms with Gasteiger partial charge in [0.2, 0.25) is 5.90 Å². The molecule has 0 radical (unpaired) electrons. The quantitative estimate of drug-likeness (QED) is 0.421. The van der Waals surface area contributed by atoms with Crippen LogP contribution >= 0.6 is 0 Å². The highest BCUT2D eigenvalue weighted by molar-refractivity contribution is 5.94. The zero-order valence-electron chi connectivity index (χ0n) is 17.4. The van der Waals surface area contributed by atoms with Crippen LogP contribution in [0.5, 0.6) is 0 Å². The number of nitrogens with zero attached hydrogens (tertiary/aromatic N) is 2. The van der Waals surface area contributed by atoms with Gasteiger partial charge in [-0.05, 0) is 75.4 Å². The maximum atomic E-state index is 12.7. The minimum absolute atomic E-state index is 0.154. The Bertz CT molecular complexity index is 717. The maximum absolute atomic E-state index is 12.7. The van der Waals surface area contributed by atoms with Crippen LogP contribution in [0.4, 0.5) is 0 Å². The second kappa shape index (κ2) is 11.4. The van der Waals surface area contributed by atoms with Gasteiger partial charge in [0, 0.05) is 31.4 Å². The van der Waals surface area contributed by atoms with E-state index in [2.05, 4.69) is 30.7 Å². The Morgan fingerprint density at radius 1 is 1.32 bits per heavy atom. The fourth-order valence-corrected chi connectivity index (χ4v) is 3.29. The third kappa shape index (κ3) is 6.64. The number of hydrogen-bond acceptors (Lipinski definition) is 4. The van der Waals surface area contributed by atoms with Gasteiger partial charge in [0.05, 0.1) is 0 Å². The molecule has 0 aromatic heterocycles. The van der Waals surface area contributed by atoms with Gasteiger partial charge >= 0.3 is 0 Å². The summed E-state index contributed by atoms with van der Waals surface area (Å²) in [6.45, 7) is 13.6. The van der Waals surface area contributed by atoms with Gasteiger partial charge in [0.1, 0.15) is 6.61 Å². The number of aryl methyl sites for hydroxylation is 2. The van der Waals surface area contributed by atoms with Crippen LogP contribution in [-0.2, 0) is 4.74 Å². The van der Waals surface area contributed by atoms with Gasteiger partial charge in [-0.25, -0.2) is 4.99 Å². The molecule has 1 amide bonds. The number of amides is 1. The number of rotatable bonds is 8. The predicted octanol–water partition coefficient (Wildman–Crippen LogP) is 3.88. The highest BCUT2D eigenvalue weighted by Gasteiger charge is 2.23. The van der Waals surface area contributed by atoms with Crippen LogP contribution in [-0.4, -0.2) is 49.5 Å². The number of aliphatic imine (C=N–C) groups is 1. The summed E-state index contributed by atoms with van der Waals surface area (Å²) in [5, 5.41) is 3.45. The van der Waals surface area contributed by atoms with Gasteiger partial charge in [-0.15, -0.1) is 0 Å². The van der Waals surface area contributed by atoms with Crippen molar-refractivity contribution in [1.82, 2.24) is 10.2 Å². The highest BCUT2D eigenvalue weighted by Crippen LogP contribution is 2.19. The molecule has 1 aromatic rings. The standard InChI is InChI=1S/C23H33N3O2/c1-5-7-22(25-6-2)28-15-12-24-17-20-10-13-26(14-11-20)23(27)21-9-8-18(3)19(4)16-21/h5-9,16,20,24H,2,10-15,17H2,1,3-4H3/b7-5-,25-22+. The average Bonchev–Trinajstić information content (AvgIpc) is 2.70. The van der Waals surface area contributed by atoms with Crippen molar-refractivity contribution in [3.05, 3.63) is 59.8 Å². The number of hydrogen-bond donors (Lipinski definition) is 1. The van der Waals surface area contributed by atoms with E-state index in [0.717, 1.165) is 44.6 Å². The van der Waals surface area contributed by atoms with Crippen LogP contribution in [0.15, 0.2) is 48.1 Å². The Hall–Kier alpha value is -2.40. The molecule has 0 saturated carbocycles. The summed E-state index contributed by atoms with van der Waals surface area (Å²) in [6.07, 6.45) is 7.26. The highest BCUT2D eigenvalue weighted by atomic mass is 16.5. The van der Waals surface area contributed by atoms with Crippen molar-refractivity contribution in [2.24, 2.45) is 10.9 Å². The number of ether oxygens (including phenoxy) is 1. The number of carbonyl (C=O) groups is 1. The molecule has 0 atom stereocenters. The van der Waals surface area contributed by atoms with Gasteiger partial charge in [0.15, 0.2) is 0 Å². The van der Waals surface area contributed by atoms with Gasteiger partial charge < -0.3 is 15.0 Å². The molecule has 1 aliphatic heterocycles. The second-order valence-electron chi connectivity index (χ2n) is 7.24. The summed E-state index contributed by atoms with van der Waals surface area (Å²) in [5.41, 5.74) is 3.19. The summed E-state index contributed by atoms with van der Waals surface area (Å²) < 4.78 is 5.60. The largest absolute Gasteiger partial charge is 0.476 e. The number of allylic oxidation sites excluding steroid dienone is 1. The summed E-state index contributed by atoms with van der Waals surface area (Å²) >= 11 is 0. The van der Waals surface area contributed by atoms with Crippen LogP contribution in [0.2, 0.25) is 0 Å². The van der Waals surface area contributed by atoms with E-state index >= 15 is 0 Å². The number of nitrogens with one attached hydrogen (secondary N) is 1. The van der Waals surface area contributed by atoms with Crippen molar-refractivity contribution in [2.75, 3.05) is 32.8 Å². The van der Waals surface area contributed by atoms with E-state index in [4.69, 9.17) is 4.74 Å². The molecular weight excluding hydrogens is 350 g/mol. The summed E-state index contributed by atoms with van der Waals surface area (Å²) in [6, 6.07) is 5.97. The molecule has 5 nitrogen and oxygen atoms in total. The average molecular weight is 384 g/mol. The molecule has 0 spiro atoms. The first-order valence-electron chi connectivity index (χ1n) is 10.1. The molecule has 1 aromatic carbocycles. The molecule has 28 heavy (non-hydrogen) atoms. The molecule has 1 fully saturated rings. The third-order valence-corrected chi connectivity index (χ3v) is 5.15. The summed E-state index contributed by atoms with van der Waals surface area (Å²) in [5.74, 6) is 1.33. The third-order valence-electron chi connectivity index (χ3n) is 5.15. The second-order valence-corrected chi connectivity index (χ2v) is 7.24. The minimum atomic E-state index is 0.154. The Kier molecular flexibility index (Phi) is 8.95. The van der Waals surface area contributed by atoms with E-state index in [0.29, 0.717) is 18.4 Å². The van der Waals surface area contributed by atoms with Crippen molar-refractivity contribution < 1.29 is 9.53 Å². The topological polar surface area (TPSA) is 53.9 Å². The Labute approximate surface area is 169 Å². The Balaban J connectivity index is 1.68. The van der Waals surface area contributed by atoms with Crippen LogP contribution in [0.1, 0.15) is 41.3 Å². The SMILES string of the molecule is C=C/N=C(\C=C/C)OCCNCC1CCN(C(=O)c2ccc(C)c(C)c2)CC1. The zero-order chi connectivity index (χ0) is 20.4. The smallest absolute Gasteiger partial charge is 0.253 e. The molecule has 1 heterocycles. The van der Waals surface area contributed by atoms with Crippen molar-refractivity contribution in [3.63, 3.8) is 0 Å². The van der Waals surface area contributed by atoms with E-state index in [1.165, 1.54) is 17.3 Å². The summed E-state index contributed by atoms with van der Waals surface area (Å²) in [4.78, 5) is 18.8. The summed E-state index contributed by atoms with van der Waals surface area (Å²) in [7, 11) is 0. The first-order valence-corrected chi connectivity index (χ1v) is 10.1. The van der Waals surface area contributed by atoms with Crippen LogP contribution in [0.3, 0.4) is 0 Å². The van der Waals surface area contributed by atoms with E-state index in [1.54, 1.807) is 0 Å². The van der Waals surface area contributed by atoms with Crippen LogP contribution in [0.25, 0.3) is 0 Å². The van der Waals surface area contributed by atoms with Crippen molar-refractivity contribution in [3.8, 4) is 0 Å². The normalized spacial score (nSPS) is 15.8. The first kappa shape index (κ1) is 21.9. The molecule has 1 aliphatic rings. The fraction of sp³-hybridized carbons (Fsp3) is 0.478. The lowest BCUT2D eigenvalue weighted by Gasteiger charge is -2.32. The lowest BCUT2D eigenvalue weighted by atomic mass is 9.96. The fourth-order valence-electron chi connectivity index (χ4n) is 3.29. The molecule has 0 bridgehead atoms.